The van der Waals surface area contributed by atoms with E-state index in [0.717, 1.165) is 25.9 Å². The Balaban J connectivity index is 0.982. The Hall–Kier alpha value is -3.02. The van der Waals surface area contributed by atoms with Crippen molar-refractivity contribution in [3.05, 3.63) is 59.3 Å². The monoisotopic (exact) mass is 860 g/mol. The van der Waals surface area contributed by atoms with Gasteiger partial charge < -0.3 is 25.2 Å². The van der Waals surface area contributed by atoms with Crippen molar-refractivity contribution in [2.24, 2.45) is 56.7 Å². The lowest BCUT2D eigenvalue weighted by Gasteiger charge is -2.72. The lowest BCUT2D eigenvalue weighted by atomic mass is 9.33. The molecule has 3 N–H and O–H groups in total. The fraction of sp³-hybridized carbons (Fsp3) is 0.740. The highest BCUT2D eigenvalue weighted by Gasteiger charge is 2.70. The van der Waals surface area contributed by atoms with Crippen LogP contribution in [0, 0.1) is 56.7 Å². The van der Waals surface area contributed by atoms with Gasteiger partial charge in [-0.05, 0) is 159 Å². The summed E-state index contributed by atoms with van der Waals surface area (Å²) >= 11 is 0. The molecule has 10 atom stereocenters. The van der Waals surface area contributed by atoms with Crippen LogP contribution in [0.4, 0.5) is 0 Å². The molecule has 1 aromatic heterocycles. The van der Waals surface area contributed by atoms with E-state index in [4.69, 9.17) is 4.74 Å². The number of pyridine rings is 1. The Morgan fingerprint density at radius 1 is 0.934 bits per heavy atom. The van der Waals surface area contributed by atoms with E-state index >= 15 is 0 Å². The molecule has 0 amide bonds. The first kappa shape index (κ1) is 44.6. The second kappa shape index (κ2) is 15.9. The van der Waals surface area contributed by atoms with Crippen molar-refractivity contribution in [2.75, 3.05) is 44.3 Å². The molecule has 2 heterocycles. The van der Waals surface area contributed by atoms with Crippen molar-refractivity contribution in [1.82, 2.24) is 15.2 Å². The first-order valence-corrected chi connectivity index (χ1v) is 25.3. The van der Waals surface area contributed by atoms with Crippen molar-refractivity contribution in [2.45, 2.75) is 131 Å². The summed E-state index contributed by atoms with van der Waals surface area (Å²) in [6, 6.07) is 2.79. The molecule has 5 fully saturated rings. The van der Waals surface area contributed by atoms with Crippen LogP contribution < -0.4 is 10.1 Å². The molecule has 1 unspecified atom stereocenters. The van der Waals surface area contributed by atoms with Gasteiger partial charge in [0.05, 0.1) is 29.1 Å². The fourth-order valence-corrected chi connectivity index (χ4v) is 17.0. The number of rotatable bonds is 12. The topological polar surface area (TPSA) is 146 Å². The minimum absolute atomic E-state index is 0.0360. The maximum absolute atomic E-state index is 12.8. The highest BCUT2D eigenvalue weighted by atomic mass is 32.2. The van der Waals surface area contributed by atoms with Crippen LogP contribution in [0.3, 0.4) is 0 Å². The van der Waals surface area contributed by atoms with Crippen molar-refractivity contribution < 1.29 is 33.0 Å². The second-order valence-electron chi connectivity index (χ2n) is 22.1. The van der Waals surface area contributed by atoms with E-state index in [1.54, 1.807) is 0 Å². The van der Waals surface area contributed by atoms with Crippen LogP contribution in [0.5, 0.6) is 5.88 Å². The highest BCUT2D eigenvalue weighted by molar-refractivity contribution is 7.91. The van der Waals surface area contributed by atoms with Gasteiger partial charge in [-0.3, -0.25) is 4.79 Å². The zero-order chi connectivity index (χ0) is 43.8. The summed E-state index contributed by atoms with van der Waals surface area (Å²) in [6.45, 7) is 23.1. The summed E-state index contributed by atoms with van der Waals surface area (Å²) in [5.41, 5.74) is 3.97. The molecule has 7 aliphatic rings. The summed E-state index contributed by atoms with van der Waals surface area (Å²) in [6.07, 6.45) is 19.1. The molecular formula is C50H73N3O7S. The van der Waals surface area contributed by atoms with Gasteiger partial charge >= 0.3 is 11.9 Å². The average molecular weight is 860 g/mol. The van der Waals surface area contributed by atoms with Crippen LogP contribution in [-0.2, 0) is 14.6 Å². The molecule has 4 saturated carbocycles. The number of nitrogens with zero attached hydrogens (tertiary/aromatic N) is 2. The van der Waals surface area contributed by atoms with E-state index in [9.17, 15) is 28.2 Å². The van der Waals surface area contributed by atoms with Gasteiger partial charge in [0.2, 0.25) is 5.88 Å². The second-order valence-corrected chi connectivity index (χ2v) is 24.4. The molecule has 6 aliphatic carbocycles. The maximum Gasteiger partial charge on any atom is 0.335 e. The van der Waals surface area contributed by atoms with Gasteiger partial charge in [0.15, 0.2) is 9.84 Å². The first-order chi connectivity index (χ1) is 28.7. The Kier molecular flexibility index (Phi) is 11.6. The number of aliphatic carboxylic acids is 1. The molecule has 1 aliphatic heterocycles. The minimum Gasteiger partial charge on any atom is -0.481 e. The number of aromatic carboxylic acids is 1. The van der Waals surface area contributed by atoms with Gasteiger partial charge in [0, 0.05) is 44.0 Å². The lowest BCUT2D eigenvalue weighted by Crippen LogP contribution is -2.68. The van der Waals surface area contributed by atoms with Crippen molar-refractivity contribution in [1.29, 1.82) is 0 Å². The first-order valence-electron chi connectivity index (χ1n) is 23.5. The lowest BCUT2D eigenvalue weighted by molar-refractivity contribution is -0.221. The van der Waals surface area contributed by atoms with Crippen LogP contribution in [0.25, 0.3) is 0 Å². The van der Waals surface area contributed by atoms with E-state index in [-0.39, 0.29) is 56.8 Å². The number of nitrogens with one attached hydrogen (secondary N) is 1. The predicted molar refractivity (Wildman–Crippen MR) is 239 cm³/mol. The number of hydrogen-bond acceptors (Lipinski definition) is 8. The van der Waals surface area contributed by atoms with Crippen molar-refractivity contribution in [3.63, 3.8) is 0 Å². The van der Waals surface area contributed by atoms with Crippen LogP contribution in [0.15, 0.2) is 53.8 Å². The molecule has 336 valence electrons. The number of sulfone groups is 1. The van der Waals surface area contributed by atoms with Gasteiger partial charge in [-0.15, -0.1) is 0 Å². The number of carbonyl (C=O) groups is 2. The molecule has 61 heavy (non-hydrogen) atoms. The standard InChI is InChI=1S/C50H73N3O7S/c1-33(2)36-12-20-50(52-25-26-53-27-30-61(58,59)31-28-53)22-21-47(6)38(42(36)50)8-9-40-46(5)16-13-37(45(3,4)39(46)14-17-48(40,47)7)34-10-18-49(19-11-34,44(56)57)23-29-60-41-32-35(43(54)55)15-24-51-41/h10,13,15,24,32,36,38-40,42,52H,1,8-9,11-12,14,16-23,25-31H2,2-7H3,(H,54,55)(H,56,57)/t36-,38+,39-,40+,42+,46-,47+,48+,49?,50-/m0/s1. The molecule has 8 rings (SSSR count). The van der Waals surface area contributed by atoms with E-state index < -0.39 is 27.2 Å². The Morgan fingerprint density at radius 2 is 1.69 bits per heavy atom. The van der Waals surface area contributed by atoms with Crippen molar-refractivity contribution in [3.8, 4) is 5.88 Å². The third-order valence-electron chi connectivity index (χ3n) is 19.2. The normalized spacial score (nSPS) is 40.3. The summed E-state index contributed by atoms with van der Waals surface area (Å²) in [5.74, 6) is 1.81. The molecule has 0 spiro atoms. The van der Waals surface area contributed by atoms with Crippen molar-refractivity contribution >= 4 is 21.8 Å². The van der Waals surface area contributed by atoms with Gasteiger partial charge in [-0.2, -0.15) is 0 Å². The number of carboxylic acids is 2. The number of hydrogen-bond donors (Lipinski definition) is 3. The van der Waals surface area contributed by atoms with Gasteiger partial charge in [0.1, 0.15) is 0 Å². The number of aromatic nitrogens is 1. The zero-order valence-electron chi connectivity index (χ0n) is 37.9. The third kappa shape index (κ3) is 7.46. The van der Waals surface area contributed by atoms with E-state index in [2.05, 4.69) is 75.5 Å². The summed E-state index contributed by atoms with van der Waals surface area (Å²) in [7, 11) is -2.89. The third-order valence-corrected chi connectivity index (χ3v) is 20.8. The van der Waals surface area contributed by atoms with Crippen LogP contribution in [0.1, 0.15) is 135 Å². The average Bonchev–Trinajstić information content (AvgIpc) is 3.59. The molecule has 0 bridgehead atoms. The Labute approximate surface area is 365 Å². The van der Waals surface area contributed by atoms with Gasteiger partial charge in [-0.1, -0.05) is 58.9 Å². The molecular weight excluding hydrogens is 787 g/mol. The zero-order valence-corrected chi connectivity index (χ0v) is 38.7. The van der Waals surface area contributed by atoms with E-state index in [1.165, 1.54) is 86.4 Å². The van der Waals surface area contributed by atoms with Gasteiger partial charge in [0.25, 0.3) is 0 Å². The number of carboxylic acid groups (broad SMARTS) is 2. The fourth-order valence-electron chi connectivity index (χ4n) is 15.7. The molecule has 10 nitrogen and oxygen atoms in total. The quantitative estimate of drug-likeness (QED) is 0.174. The molecule has 0 radical (unpaired) electrons. The van der Waals surface area contributed by atoms with E-state index in [0.29, 0.717) is 61.9 Å². The summed E-state index contributed by atoms with van der Waals surface area (Å²) < 4.78 is 30.0. The van der Waals surface area contributed by atoms with Crippen LogP contribution >= 0.6 is 0 Å². The van der Waals surface area contributed by atoms with Crippen LogP contribution in [0.2, 0.25) is 0 Å². The minimum atomic E-state index is -2.89. The number of fused-ring (bicyclic) bond motifs is 7. The Bertz CT molecular complexity index is 2080. The highest BCUT2D eigenvalue weighted by Crippen LogP contribution is 2.76. The SMILES string of the molecule is C=C(C)[C@@H]1CC[C@]2(NCCN3CCS(=O)(=O)CC3)CC[C@]3(C)[C@H](CC[C@@H]4[C@@]5(C)CC=C(C6=CCC(CCOc7cc(C(=O)O)ccn7)(C(=O)O)CC6)C(C)(C)[C@@H]5CC[C@]43C)[C@@H]12. The maximum atomic E-state index is 12.8. The van der Waals surface area contributed by atoms with Gasteiger partial charge in [-0.25, -0.2) is 18.2 Å². The summed E-state index contributed by atoms with van der Waals surface area (Å²) in [5, 5.41) is 24.1. The Morgan fingerprint density at radius 3 is 2.36 bits per heavy atom. The summed E-state index contributed by atoms with van der Waals surface area (Å²) in [4.78, 5) is 30.7. The largest absolute Gasteiger partial charge is 0.481 e. The van der Waals surface area contributed by atoms with Crippen LogP contribution in [-0.4, -0.2) is 90.3 Å². The van der Waals surface area contributed by atoms with E-state index in [1.807, 2.05) is 0 Å². The number of allylic oxidation sites excluding steroid dienone is 5. The number of ether oxygens (including phenoxy) is 1. The molecule has 0 aromatic carbocycles. The predicted octanol–water partition coefficient (Wildman–Crippen LogP) is 9.00. The smallest absolute Gasteiger partial charge is 0.335 e. The molecule has 1 aromatic rings. The molecule has 11 heteroatoms. The molecule has 1 saturated heterocycles.